The number of methoxy groups -OCH3 is 1. The molecule has 0 unspecified atom stereocenters. The lowest BCUT2D eigenvalue weighted by atomic mass is 9.44. The summed E-state index contributed by atoms with van der Waals surface area (Å²) in [6, 6.07) is 22.7. The van der Waals surface area contributed by atoms with Crippen molar-refractivity contribution in [2.24, 2.45) is 23.7 Å². The molecule has 2 fully saturated rings. The molecule has 4 aromatic carbocycles. The third-order valence-corrected chi connectivity index (χ3v) is 12.4. The molecule has 1 heterocycles. The maximum absolute atomic E-state index is 15.3. The number of anilines is 2. The molecular formula is C43H35ClN4O10. The first-order chi connectivity index (χ1) is 27.7. The van der Waals surface area contributed by atoms with E-state index in [0.29, 0.717) is 22.3 Å². The van der Waals surface area contributed by atoms with Gasteiger partial charge in [-0.25, -0.2) is 4.90 Å². The van der Waals surface area contributed by atoms with Crippen molar-refractivity contribution in [1.82, 2.24) is 0 Å². The minimum absolute atomic E-state index is 0.0106. The summed E-state index contributed by atoms with van der Waals surface area (Å²) in [5, 5.41) is 35.3. The van der Waals surface area contributed by atoms with Gasteiger partial charge in [-0.15, -0.1) is 0 Å². The molecule has 0 spiro atoms. The third-order valence-electron chi connectivity index (χ3n) is 12.1. The zero-order valence-electron chi connectivity index (χ0n) is 31.3. The van der Waals surface area contributed by atoms with Crippen molar-refractivity contribution in [3.05, 3.63) is 145 Å². The number of nitro groups is 2. The Labute approximate surface area is 336 Å². The summed E-state index contributed by atoms with van der Waals surface area (Å²) in [6.45, 7) is 0. The number of imide groups is 1. The first-order valence-electron chi connectivity index (χ1n) is 18.4. The second-order valence-corrected chi connectivity index (χ2v) is 15.5. The summed E-state index contributed by atoms with van der Waals surface area (Å²) in [5.74, 6) is -7.49. The molecule has 3 aliphatic carbocycles. The Morgan fingerprint density at radius 1 is 0.879 bits per heavy atom. The molecule has 8 rings (SSSR count). The molecule has 14 nitrogen and oxygen atoms in total. The molecule has 1 aliphatic heterocycles. The van der Waals surface area contributed by atoms with Crippen LogP contribution < -0.4 is 14.5 Å². The molecule has 15 heteroatoms. The Morgan fingerprint density at radius 3 is 2.09 bits per heavy atom. The fourth-order valence-corrected chi connectivity index (χ4v) is 10.1. The molecule has 1 saturated heterocycles. The van der Waals surface area contributed by atoms with Gasteiger partial charge in [0.2, 0.25) is 11.8 Å². The van der Waals surface area contributed by atoms with Crippen LogP contribution in [-0.2, 0) is 24.6 Å². The number of fused-ring (bicyclic) bond motifs is 4. The first kappa shape index (κ1) is 38.2. The monoisotopic (exact) mass is 802 g/mol. The number of hydrogen-bond donors (Lipinski definition) is 1. The minimum atomic E-state index is -1.59. The molecule has 58 heavy (non-hydrogen) atoms. The van der Waals surface area contributed by atoms with Gasteiger partial charge >= 0.3 is 11.4 Å². The van der Waals surface area contributed by atoms with Crippen LogP contribution in [0.5, 0.6) is 11.5 Å². The van der Waals surface area contributed by atoms with Gasteiger partial charge in [0.05, 0.1) is 44.9 Å². The molecule has 1 saturated carbocycles. The van der Waals surface area contributed by atoms with Gasteiger partial charge in [-0.1, -0.05) is 83.9 Å². The fraction of sp³-hybridized carbons (Fsp3) is 0.256. The van der Waals surface area contributed by atoms with Crippen LogP contribution in [0.25, 0.3) is 5.57 Å². The second-order valence-electron chi connectivity index (χ2n) is 15.1. The highest BCUT2D eigenvalue weighted by molar-refractivity contribution is 6.33. The number of allylic oxidation sites excluding steroid dienone is 4. The number of nitro benzene ring substituents is 2. The van der Waals surface area contributed by atoms with Gasteiger partial charge in [0, 0.05) is 43.6 Å². The highest BCUT2D eigenvalue weighted by Crippen LogP contribution is 2.64. The summed E-state index contributed by atoms with van der Waals surface area (Å²) in [5.41, 5.74) is -1.30. The number of nitrogens with zero attached hydrogens (tertiary/aromatic N) is 4. The minimum Gasteiger partial charge on any atom is -0.503 e. The standard InChI is InChI=1S/C43H35ClN4O10/c1-45(2)38-32(47(54)55)18-25(19-33(38)48(56)57)46-41(52)27-15-14-26-29(36(27)42(46)53)20-30-39(50)28(22-10-6-4-7-11-22)21-35(49)43(30,24-12-8-5-9-13-24)37(26)23-16-31(44)40(51)34(17-23)58-3/h4-14,16-19,21,27,29-30,36-37,51H,15,20H2,1-3H3/t27-,29+,30-,36-,37-,43-/m0/s1. The van der Waals surface area contributed by atoms with Gasteiger partial charge in [0.15, 0.2) is 28.8 Å². The van der Waals surface area contributed by atoms with E-state index in [1.165, 1.54) is 38.2 Å². The number of carbonyl (C=O) groups excluding carboxylic acids is 4. The van der Waals surface area contributed by atoms with Gasteiger partial charge in [-0.3, -0.25) is 39.4 Å². The van der Waals surface area contributed by atoms with Crippen LogP contribution in [0.3, 0.4) is 0 Å². The van der Waals surface area contributed by atoms with Crippen LogP contribution in [0.15, 0.2) is 103 Å². The van der Waals surface area contributed by atoms with E-state index in [4.69, 9.17) is 16.3 Å². The Morgan fingerprint density at radius 2 is 1.50 bits per heavy atom. The van der Waals surface area contributed by atoms with E-state index in [9.17, 15) is 34.9 Å². The lowest BCUT2D eigenvalue weighted by Gasteiger charge is -2.55. The molecule has 0 bridgehead atoms. The van der Waals surface area contributed by atoms with Gasteiger partial charge in [-0.05, 0) is 53.7 Å². The molecule has 294 valence electrons. The molecule has 4 aliphatic rings. The van der Waals surface area contributed by atoms with E-state index in [0.717, 1.165) is 17.0 Å². The van der Waals surface area contributed by atoms with Gasteiger partial charge < -0.3 is 14.7 Å². The number of phenolic OH excluding ortho intramolecular Hbond substituents is 1. The maximum atomic E-state index is 15.3. The fourth-order valence-electron chi connectivity index (χ4n) is 9.88. The number of phenols is 1. The predicted molar refractivity (Wildman–Crippen MR) is 213 cm³/mol. The van der Waals surface area contributed by atoms with E-state index in [2.05, 4.69) is 0 Å². The van der Waals surface area contributed by atoms with Crippen LogP contribution in [0, 0.1) is 43.9 Å². The van der Waals surface area contributed by atoms with Gasteiger partial charge in [0.1, 0.15) is 0 Å². The number of carbonyl (C=O) groups is 4. The van der Waals surface area contributed by atoms with Crippen molar-refractivity contribution >= 4 is 63.3 Å². The van der Waals surface area contributed by atoms with Crippen LogP contribution in [0.2, 0.25) is 5.02 Å². The average Bonchev–Trinajstić information content (AvgIpc) is 3.47. The van der Waals surface area contributed by atoms with E-state index in [1.54, 1.807) is 66.7 Å². The van der Waals surface area contributed by atoms with Crippen LogP contribution in [-0.4, -0.2) is 59.5 Å². The predicted octanol–water partition coefficient (Wildman–Crippen LogP) is 6.97. The van der Waals surface area contributed by atoms with Crippen molar-refractivity contribution in [3.63, 3.8) is 0 Å². The number of Topliss-reactive ketones (excluding diaryl/α,β-unsaturated/α-hetero) is 1. The quantitative estimate of drug-likeness (QED) is 0.0838. The summed E-state index contributed by atoms with van der Waals surface area (Å²) < 4.78 is 5.51. The van der Waals surface area contributed by atoms with Crippen molar-refractivity contribution in [3.8, 4) is 11.5 Å². The number of halogens is 1. The summed E-state index contributed by atoms with van der Waals surface area (Å²) in [4.78, 5) is 84.6. The van der Waals surface area contributed by atoms with E-state index in [-0.39, 0.29) is 57.9 Å². The lowest BCUT2D eigenvalue weighted by molar-refractivity contribution is -0.392. The molecule has 2 amide bonds. The van der Waals surface area contributed by atoms with Crippen molar-refractivity contribution < 1.29 is 38.9 Å². The third kappa shape index (κ3) is 5.53. The average molecular weight is 803 g/mol. The smallest absolute Gasteiger partial charge is 0.301 e. The van der Waals surface area contributed by atoms with Crippen molar-refractivity contribution in [2.75, 3.05) is 31.0 Å². The van der Waals surface area contributed by atoms with E-state index >= 15 is 9.59 Å². The second kappa shape index (κ2) is 14.1. The number of ketones is 2. The van der Waals surface area contributed by atoms with Crippen LogP contribution >= 0.6 is 11.6 Å². The first-order valence-corrected chi connectivity index (χ1v) is 18.8. The van der Waals surface area contributed by atoms with Crippen molar-refractivity contribution in [1.29, 1.82) is 0 Å². The molecule has 4 aromatic rings. The number of ether oxygens (including phenoxy) is 1. The highest BCUT2D eigenvalue weighted by atomic mass is 35.5. The summed E-state index contributed by atoms with van der Waals surface area (Å²) >= 11 is 6.63. The molecule has 6 atom stereocenters. The Kier molecular flexibility index (Phi) is 9.26. The lowest BCUT2D eigenvalue weighted by Crippen LogP contribution is -2.58. The van der Waals surface area contributed by atoms with Crippen molar-refractivity contribution in [2.45, 2.75) is 24.2 Å². The summed E-state index contributed by atoms with van der Waals surface area (Å²) in [6.07, 6.45) is 3.17. The van der Waals surface area contributed by atoms with Gasteiger partial charge in [-0.2, -0.15) is 0 Å². The number of aromatic hydroxyl groups is 1. The zero-order chi connectivity index (χ0) is 41.4. The Hall–Kier alpha value is -6.67. The molecular weight excluding hydrogens is 768 g/mol. The number of benzene rings is 4. The molecule has 1 N–H and O–H groups in total. The zero-order valence-corrected chi connectivity index (χ0v) is 32.1. The van der Waals surface area contributed by atoms with E-state index < -0.39 is 68.0 Å². The van der Waals surface area contributed by atoms with E-state index in [1.807, 2.05) is 6.08 Å². The number of amides is 2. The highest BCUT2D eigenvalue weighted by Gasteiger charge is 2.66. The summed E-state index contributed by atoms with van der Waals surface area (Å²) in [7, 11) is 4.16. The molecule has 0 aromatic heterocycles. The number of hydrogen-bond acceptors (Lipinski definition) is 11. The van der Waals surface area contributed by atoms with Crippen LogP contribution in [0.1, 0.15) is 35.4 Å². The normalized spacial score (nSPS) is 25.0. The van der Waals surface area contributed by atoms with Gasteiger partial charge in [0.25, 0.3) is 0 Å². The maximum Gasteiger partial charge on any atom is 0.301 e. The number of rotatable bonds is 8. The SMILES string of the molecule is COc1cc([C@H]2C3=CC[C@@H]4C(=O)N(c5cc([N+](=O)[O-])c(N(C)C)c([N+](=O)[O-])c5)C(=O)[C@@H]4[C@@H]3C[C@H]3C(=O)C(c4ccccc4)=CC(=O)[C@@]23c2ccccc2)cc(Cl)c1O. The Balaban J connectivity index is 1.35. The molecule has 0 radical (unpaired) electrons. The Bertz CT molecular complexity index is 2500. The topological polar surface area (TPSA) is 190 Å². The largest absolute Gasteiger partial charge is 0.503 e. The van der Waals surface area contributed by atoms with Crippen LogP contribution in [0.4, 0.5) is 22.7 Å².